The Morgan fingerprint density at radius 1 is 1.55 bits per heavy atom. The number of nitrogens with zero attached hydrogens (tertiary/aromatic N) is 1. The van der Waals surface area contributed by atoms with Crippen LogP contribution in [-0.2, 0) is 21.1 Å². The van der Waals surface area contributed by atoms with Crippen LogP contribution in [0.15, 0.2) is 12.1 Å². The molecule has 0 amide bonds. The number of anilines is 1. The van der Waals surface area contributed by atoms with E-state index in [2.05, 4.69) is 24.9 Å². The summed E-state index contributed by atoms with van der Waals surface area (Å²) < 4.78 is 0. The van der Waals surface area contributed by atoms with Crippen molar-refractivity contribution in [3.05, 3.63) is 23.9 Å². The van der Waals surface area contributed by atoms with Gasteiger partial charge >= 0.3 is 0 Å². The number of pyridine rings is 1. The first-order valence-electron chi connectivity index (χ1n) is 3.34. The second-order valence-electron chi connectivity index (χ2n) is 2.55. The molecule has 0 aliphatic rings. The van der Waals surface area contributed by atoms with Gasteiger partial charge in [-0.15, -0.1) is 0 Å². The first kappa shape index (κ1) is 10.6. The third-order valence-corrected chi connectivity index (χ3v) is 1.28. The molecule has 1 rings (SSSR count). The molecule has 0 saturated heterocycles. The first-order chi connectivity index (χ1) is 4.70. The summed E-state index contributed by atoms with van der Waals surface area (Å²) in [7, 11) is 0. The van der Waals surface area contributed by atoms with E-state index in [1.54, 1.807) is 12.1 Å². The molecule has 1 heterocycles. The number of hydrogen-bond acceptors (Lipinski definition) is 2. The summed E-state index contributed by atoms with van der Waals surface area (Å²) in [6, 6.07) is 6.56. The predicted molar refractivity (Wildman–Crippen MR) is 41.6 cm³/mol. The van der Waals surface area contributed by atoms with Crippen molar-refractivity contribution in [3.63, 3.8) is 0 Å². The maximum atomic E-state index is 5.47. The van der Waals surface area contributed by atoms with Crippen LogP contribution < -0.4 is 5.73 Å². The monoisotopic (exact) mass is 319 g/mol. The zero-order chi connectivity index (χ0) is 7.56. The second-order valence-corrected chi connectivity index (χ2v) is 2.55. The van der Waals surface area contributed by atoms with Gasteiger partial charge < -0.3 is 5.73 Å². The molecule has 0 saturated carbocycles. The van der Waals surface area contributed by atoms with Crippen molar-refractivity contribution < 1.29 is 21.1 Å². The summed E-state index contributed by atoms with van der Waals surface area (Å²) >= 11 is 0. The standard InChI is InChI=1S/C8H11N2.W/c1-6(2)7-4-3-5-8(9)10-7;/h3,5-6H,1-2H3,(H2,9,10);/q-1;. The van der Waals surface area contributed by atoms with Crippen molar-refractivity contribution in [2.45, 2.75) is 19.8 Å². The van der Waals surface area contributed by atoms with Crippen molar-refractivity contribution in [1.82, 2.24) is 4.98 Å². The van der Waals surface area contributed by atoms with Gasteiger partial charge in [-0.2, -0.15) is 6.07 Å². The molecule has 2 nitrogen and oxygen atoms in total. The Morgan fingerprint density at radius 2 is 2.18 bits per heavy atom. The fraction of sp³-hybridized carbons (Fsp3) is 0.375. The average Bonchev–Trinajstić information content (AvgIpc) is 1.88. The normalized spacial score (nSPS) is 9.36. The smallest absolute Gasteiger partial charge is 0.0384 e. The Kier molecular flexibility index (Phi) is 4.35. The molecule has 0 unspecified atom stereocenters. The van der Waals surface area contributed by atoms with E-state index < -0.39 is 0 Å². The van der Waals surface area contributed by atoms with E-state index in [0.717, 1.165) is 5.69 Å². The summed E-state index contributed by atoms with van der Waals surface area (Å²) in [5.74, 6) is 0.978. The molecule has 2 N–H and O–H groups in total. The summed E-state index contributed by atoms with van der Waals surface area (Å²) in [5, 5.41) is 0. The maximum Gasteiger partial charge on any atom is 0.0384 e. The van der Waals surface area contributed by atoms with E-state index in [-0.39, 0.29) is 21.1 Å². The molecule has 0 atom stereocenters. The van der Waals surface area contributed by atoms with Crippen LogP contribution >= 0.6 is 0 Å². The molecule has 0 fully saturated rings. The fourth-order valence-corrected chi connectivity index (χ4v) is 0.717. The predicted octanol–water partition coefficient (Wildman–Crippen LogP) is 1.58. The Hall–Kier alpha value is -0.362. The molecule has 0 spiro atoms. The molecule has 60 valence electrons. The Balaban J connectivity index is 0.000001000. The van der Waals surface area contributed by atoms with Crippen LogP contribution in [0.25, 0.3) is 0 Å². The average molecular weight is 319 g/mol. The van der Waals surface area contributed by atoms with E-state index in [1.165, 1.54) is 0 Å². The van der Waals surface area contributed by atoms with Crippen LogP contribution in [0.1, 0.15) is 25.5 Å². The molecule has 0 aliphatic heterocycles. The Morgan fingerprint density at radius 3 is 2.55 bits per heavy atom. The molecule has 1 aromatic heterocycles. The van der Waals surface area contributed by atoms with E-state index in [1.807, 2.05) is 0 Å². The minimum atomic E-state index is 0. The minimum absolute atomic E-state index is 0. The van der Waals surface area contributed by atoms with E-state index in [4.69, 9.17) is 5.73 Å². The van der Waals surface area contributed by atoms with Crippen LogP contribution in [0.3, 0.4) is 0 Å². The van der Waals surface area contributed by atoms with Gasteiger partial charge in [0.2, 0.25) is 0 Å². The van der Waals surface area contributed by atoms with Gasteiger partial charge in [0.25, 0.3) is 0 Å². The molecular formula is C8H11N2W-. The van der Waals surface area contributed by atoms with Crippen LogP contribution in [0, 0.1) is 6.07 Å². The number of nitrogens with two attached hydrogens (primary N) is 1. The quantitative estimate of drug-likeness (QED) is 0.799. The number of aromatic nitrogens is 1. The topological polar surface area (TPSA) is 38.9 Å². The third-order valence-electron chi connectivity index (χ3n) is 1.28. The summed E-state index contributed by atoms with van der Waals surface area (Å²) in [5.41, 5.74) is 6.40. The molecule has 3 heteroatoms. The first-order valence-corrected chi connectivity index (χ1v) is 3.34. The number of rotatable bonds is 1. The maximum absolute atomic E-state index is 5.47. The Bertz CT molecular complexity index is 223. The zero-order valence-electron chi connectivity index (χ0n) is 6.66. The molecule has 0 bridgehead atoms. The van der Waals surface area contributed by atoms with Crippen molar-refractivity contribution in [2.24, 2.45) is 0 Å². The van der Waals surface area contributed by atoms with Gasteiger partial charge in [0.1, 0.15) is 0 Å². The summed E-state index contributed by atoms with van der Waals surface area (Å²) in [6.07, 6.45) is 0. The van der Waals surface area contributed by atoms with Gasteiger partial charge in [-0.1, -0.05) is 13.8 Å². The number of nitrogen functional groups attached to an aromatic ring is 1. The number of hydrogen-bond donors (Lipinski definition) is 1. The van der Waals surface area contributed by atoms with Crippen molar-refractivity contribution in [1.29, 1.82) is 0 Å². The van der Waals surface area contributed by atoms with Gasteiger partial charge in [0.05, 0.1) is 0 Å². The Labute approximate surface area is 81.5 Å². The van der Waals surface area contributed by atoms with Crippen molar-refractivity contribution >= 4 is 5.82 Å². The minimum Gasteiger partial charge on any atom is -0.399 e. The van der Waals surface area contributed by atoms with Gasteiger partial charge in [-0.05, 0) is 11.6 Å². The molecule has 11 heavy (non-hydrogen) atoms. The van der Waals surface area contributed by atoms with Crippen LogP contribution in [-0.4, -0.2) is 4.98 Å². The third kappa shape index (κ3) is 3.02. The summed E-state index contributed by atoms with van der Waals surface area (Å²) in [6.45, 7) is 4.14. The summed E-state index contributed by atoms with van der Waals surface area (Å²) in [4.78, 5) is 4.09. The van der Waals surface area contributed by atoms with Crippen LogP contribution in [0.4, 0.5) is 5.82 Å². The fourth-order valence-electron chi connectivity index (χ4n) is 0.717. The van der Waals surface area contributed by atoms with Gasteiger partial charge in [0, 0.05) is 26.9 Å². The van der Waals surface area contributed by atoms with Crippen molar-refractivity contribution in [2.75, 3.05) is 5.73 Å². The van der Waals surface area contributed by atoms with E-state index >= 15 is 0 Å². The zero-order valence-corrected chi connectivity index (χ0v) is 9.60. The van der Waals surface area contributed by atoms with E-state index in [9.17, 15) is 0 Å². The molecule has 1 aromatic rings. The van der Waals surface area contributed by atoms with Gasteiger partial charge in [-0.3, -0.25) is 4.98 Å². The molecular weight excluding hydrogens is 308 g/mol. The van der Waals surface area contributed by atoms with E-state index in [0.29, 0.717) is 11.7 Å². The SMILES string of the molecule is CC(C)c1[c-]ccc(N)n1.[W]. The van der Waals surface area contributed by atoms with Crippen LogP contribution in [0.2, 0.25) is 0 Å². The van der Waals surface area contributed by atoms with Crippen molar-refractivity contribution in [3.8, 4) is 0 Å². The molecule has 0 radical (unpaired) electrons. The van der Waals surface area contributed by atoms with Crippen LogP contribution in [0.5, 0.6) is 0 Å². The molecule has 0 aliphatic carbocycles. The second kappa shape index (κ2) is 4.50. The van der Waals surface area contributed by atoms with Gasteiger partial charge in [-0.25, -0.2) is 12.1 Å². The largest absolute Gasteiger partial charge is 0.399 e. The molecule has 0 aromatic carbocycles. The van der Waals surface area contributed by atoms with Gasteiger partial charge in [0.15, 0.2) is 0 Å².